The van der Waals surface area contributed by atoms with E-state index in [0.29, 0.717) is 0 Å². The fourth-order valence-corrected chi connectivity index (χ4v) is 1.19. The molecule has 2 N–H and O–H groups in total. The molecule has 0 aromatic heterocycles. The number of nitrogens with zero attached hydrogens (tertiary/aromatic N) is 1. The maximum absolute atomic E-state index is 13.4. The lowest BCUT2D eigenvalue weighted by atomic mass is 10.00. The molecule has 0 saturated carbocycles. The van der Waals surface area contributed by atoms with Crippen molar-refractivity contribution in [2.45, 2.75) is 6.10 Å². The Morgan fingerprint density at radius 1 is 1.56 bits per heavy atom. The van der Waals surface area contributed by atoms with Crippen molar-refractivity contribution in [3.63, 3.8) is 0 Å². The molecule has 1 atom stereocenters. The number of aldehydes is 1. The van der Waals surface area contributed by atoms with Gasteiger partial charge in [-0.05, 0) is 6.07 Å². The van der Waals surface area contributed by atoms with Crippen LogP contribution in [0.2, 0.25) is 0 Å². The van der Waals surface area contributed by atoms with Gasteiger partial charge in [-0.25, -0.2) is 9.18 Å². The highest BCUT2D eigenvalue weighted by molar-refractivity contribution is 5.83. The van der Waals surface area contributed by atoms with Crippen LogP contribution in [0.1, 0.15) is 27.6 Å². The lowest BCUT2D eigenvalue weighted by Gasteiger charge is -2.09. The van der Waals surface area contributed by atoms with E-state index in [1.807, 2.05) is 0 Å². The third-order valence-corrected chi connectivity index (χ3v) is 1.98. The van der Waals surface area contributed by atoms with Crippen molar-refractivity contribution < 1.29 is 24.2 Å². The van der Waals surface area contributed by atoms with E-state index in [2.05, 4.69) is 0 Å². The van der Waals surface area contributed by atoms with Crippen LogP contribution in [0, 0.1) is 17.1 Å². The summed E-state index contributed by atoms with van der Waals surface area (Å²) in [4.78, 5) is 21.1. The number of aliphatic hydroxyl groups is 1. The van der Waals surface area contributed by atoms with Gasteiger partial charge in [0.1, 0.15) is 6.07 Å². The van der Waals surface area contributed by atoms with Gasteiger partial charge >= 0.3 is 5.97 Å². The number of rotatable bonds is 3. The summed E-state index contributed by atoms with van der Waals surface area (Å²) in [5, 5.41) is 26.2. The minimum atomic E-state index is -2.00. The number of aliphatic hydroxyl groups excluding tert-OH is 1. The van der Waals surface area contributed by atoms with Crippen LogP contribution >= 0.6 is 0 Å². The zero-order valence-electron chi connectivity index (χ0n) is 7.85. The number of carbonyl (C=O) groups is 2. The molecule has 0 fully saturated rings. The van der Waals surface area contributed by atoms with E-state index < -0.39 is 23.5 Å². The van der Waals surface area contributed by atoms with Crippen molar-refractivity contribution >= 4 is 12.3 Å². The minimum absolute atomic E-state index is 0.0671. The highest BCUT2D eigenvalue weighted by Crippen LogP contribution is 2.22. The number of benzene rings is 1. The van der Waals surface area contributed by atoms with Crippen LogP contribution in [0.15, 0.2) is 12.1 Å². The summed E-state index contributed by atoms with van der Waals surface area (Å²) in [6.45, 7) is 0. The fraction of sp³-hybridized carbons (Fsp3) is 0.100. The predicted octanol–water partition coefficient (Wildman–Crippen LogP) is 0.628. The van der Waals surface area contributed by atoms with Crippen LogP contribution in [-0.4, -0.2) is 22.5 Å². The van der Waals surface area contributed by atoms with Crippen molar-refractivity contribution in [1.29, 1.82) is 5.26 Å². The molecule has 16 heavy (non-hydrogen) atoms. The SMILES string of the molecule is N#Cc1ccc(C(O)C(=O)O)c(C=O)c1F. The molecule has 0 saturated heterocycles. The summed E-state index contributed by atoms with van der Waals surface area (Å²) in [6, 6.07) is 3.54. The maximum Gasteiger partial charge on any atom is 0.337 e. The second kappa shape index (κ2) is 4.51. The Balaban J connectivity index is 3.44. The molecule has 0 aliphatic heterocycles. The molecule has 1 aromatic carbocycles. The van der Waals surface area contributed by atoms with Gasteiger partial charge in [0.2, 0.25) is 0 Å². The molecule has 6 heteroatoms. The first-order valence-corrected chi connectivity index (χ1v) is 4.11. The number of carbonyl (C=O) groups excluding carboxylic acids is 1. The largest absolute Gasteiger partial charge is 0.479 e. The van der Waals surface area contributed by atoms with E-state index >= 15 is 0 Å². The van der Waals surface area contributed by atoms with Gasteiger partial charge in [-0.15, -0.1) is 0 Å². The van der Waals surface area contributed by atoms with Crippen LogP contribution in [0.25, 0.3) is 0 Å². The van der Waals surface area contributed by atoms with E-state index in [1.54, 1.807) is 0 Å². The number of carboxylic acid groups (broad SMARTS) is 1. The lowest BCUT2D eigenvalue weighted by Crippen LogP contribution is -2.14. The van der Waals surface area contributed by atoms with Gasteiger partial charge in [-0.2, -0.15) is 5.26 Å². The van der Waals surface area contributed by atoms with Gasteiger partial charge < -0.3 is 10.2 Å². The molecule has 0 bridgehead atoms. The normalized spacial score (nSPS) is 11.6. The second-order valence-electron chi connectivity index (χ2n) is 2.90. The molecule has 0 heterocycles. The molecular weight excluding hydrogens is 217 g/mol. The van der Waals surface area contributed by atoms with Gasteiger partial charge in [0, 0.05) is 5.56 Å². The van der Waals surface area contributed by atoms with Crippen molar-refractivity contribution in [1.82, 2.24) is 0 Å². The number of halogens is 1. The van der Waals surface area contributed by atoms with Crippen molar-refractivity contribution in [2.24, 2.45) is 0 Å². The van der Waals surface area contributed by atoms with Crippen LogP contribution in [0.4, 0.5) is 4.39 Å². The number of hydrogen-bond donors (Lipinski definition) is 2. The molecule has 0 amide bonds. The highest BCUT2D eigenvalue weighted by Gasteiger charge is 2.23. The zero-order valence-corrected chi connectivity index (χ0v) is 7.85. The van der Waals surface area contributed by atoms with E-state index in [-0.39, 0.29) is 17.4 Å². The molecule has 1 unspecified atom stereocenters. The third-order valence-electron chi connectivity index (χ3n) is 1.98. The number of hydrogen-bond acceptors (Lipinski definition) is 4. The van der Waals surface area contributed by atoms with Gasteiger partial charge in [0.15, 0.2) is 18.2 Å². The summed E-state index contributed by atoms with van der Waals surface area (Å²) in [7, 11) is 0. The van der Waals surface area contributed by atoms with Crippen LogP contribution in [-0.2, 0) is 4.79 Å². The zero-order chi connectivity index (χ0) is 12.3. The van der Waals surface area contributed by atoms with Crippen LogP contribution in [0.5, 0.6) is 0 Å². The molecule has 0 aliphatic rings. The first-order chi connectivity index (χ1) is 7.52. The average Bonchev–Trinajstić information content (AvgIpc) is 2.27. The number of aliphatic carboxylic acids is 1. The van der Waals surface area contributed by atoms with E-state index in [9.17, 15) is 19.1 Å². The summed E-state index contributed by atoms with van der Waals surface area (Å²) in [5.74, 6) is -2.73. The summed E-state index contributed by atoms with van der Waals surface area (Å²) < 4.78 is 13.4. The van der Waals surface area contributed by atoms with Crippen LogP contribution in [0.3, 0.4) is 0 Å². The first-order valence-electron chi connectivity index (χ1n) is 4.11. The summed E-state index contributed by atoms with van der Waals surface area (Å²) >= 11 is 0. The Kier molecular flexibility index (Phi) is 3.33. The highest BCUT2D eigenvalue weighted by atomic mass is 19.1. The topological polar surface area (TPSA) is 98.4 Å². The third kappa shape index (κ3) is 1.89. The van der Waals surface area contributed by atoms with E-state index in [4.69, 9.17) is 10.4 Å². The molecular formula is C10H6FNO4. The first kappa shape index (κ1) is 11.8. The Bertz CT molecular complexity index is 492. The van der Waals surface area contributed by atoms with E-state index in [1.165, 1.54) is 6.07 Å². The lowest BCUT2D eigenvalue weighted by molar-refractivity contribution is -0.146. The van der Waals surface area contributed by atoms with Crippen molar-refractivity contribution in [2.75, 3.05) is 0 Å². The van der Waals surface area contributed by atoms with Gasteiger partial charge in [0.25, 0.3) is 0 Å². The summed E-state index contributed by atoms with van der Waals surface area (Å²) in [6.07, 6.45) is -1.93. The van der Waals surface area contributed by atoms with Gasteiger partial charge in [0.05, 0.1) is 11.1 Å². The van der Waals surface area contributed by atoms with Gasteiger partial charge in [-0.3, -0.25) is 4.79 Å². The minimum Gasteiger partial charge on any atom is -0.479 e. The smallest absolute Gasteiger partial charge is 0.337 e. The number of nitriles is 1. The molecule has 82 valence electrons. The predicted molar refractivity (Wildman–Crippen MR) is 49.1 cm³/mol. The Labute approximate surface area is 89.4 Å². The Hall–Kier alpha value is -2.26. The van der Waals surface area contributed by atoms with Gasteiger partial charge in [-0.1, -0.05) is 6.07 Å². The quantitative estimate of drug-likeness (QED) is 0.732. The average molecular weight is 223 g/mol. The molecule has 5 nitrogen and oxygen atoms in total. The van der Waals surface area contributed by atoms with Crippen LogP contribution < -0.4 is 0 Å². The molecule has 1 aromatic rings. The molecule has 0 aliphatic carbocycles. The summed E-state index contributed by atoms with van der Waals surface area (Å²) in [5.41, 5.74) is -1.38. The van der Waals surface area contributed by atoms with Crippen molar-refractivity contribution in [3.05, 3.63) is 34.6 Å². The second-order valence-corrected chi connectivity index (χ2v) is 2.90. The molecule has 1 rings (SSSR count). The monoisotopic (exact) mass is 223 g/mol. The molecule has 0 spiro atoms. The standard InChI is InChI=1S/C10H6FNO4/c11-8-5(3-12)1-2-6(7(8)4-13)9(14)10(15)16/h1-2,4,9,14H,(H,15,16). The maximum atomic E-state index is 13.4. The van der Waals surface area contributed by atoms with E-state index in [0.717, 1.165) is 12.1 Å². The number of carboxylic acids is 1. The fourth-order valence-electron chi connectivity index (χ4n) is 1.19. The molecule has 0 radical (unpaired) electrons. The van der Waals surface area contributed by atoms with Crippen molar-refractivity contribution in [3.8, 4) is 6.07 Å². The Morgan fingerprint density at radius 2 is 2.19 bits per heavy atom. The Morgan fingerprint density at radius 3 is 2.62 bits per heavy atom.